The van der Waals surface area contributed by atoms with Crippen molar-refractivity contribution in [3.63, 3.8) is 0 Å². The molecule has 0 aromatic heterocycles. The first-order valence-electron chi connectivity index (χ1n) is 3.87. The molecule has 0 radical (unpaired) electrons. The van der Waals surface area contributed by atoms with Crippen molar-refractivity contribution in [3.8, 4) is 0 Å². The van der Waals surface area contributed by atoms with Gasteiger partial charge in [-0.2, -0.15) is 13.2 Å². The molecule has 14 heavy (non-hydrogen) atoms. The highest BCUT2D eigenvalue weighted by atomic mass is 79.9. The molecule has 0 unspecified atom stereocenters. The smallest absolute Gasteiger partial charge is 0.389 e. The summed E-state index contributed by atoms with van der Waals surface area (Å²) in [5.74, 6) is 0. The molecule has 0 heterocycles. The normalized spacial score (nSPS) is 14.1. The average molecular weight is 269 g/mol. The SMILES string of the molecule is C[C@@H](O)c1cc(C(F)(F)F)ccc1Br. The molecule has 1 N–H and O–H groups in total. The summed E-state index contributed by atoms with van der Waals surface area (Å²) in [6.07, 6.45) is -5.30. The second kappa shape index (κ2) is 3.90. The predicted molar refractivity (Wildman–Crippen MR) is 49.8 cm³/mol. The second-order valence-corrected chi connectivity index (χ2v) is 3.76. The molecule has 0 saturated carbocycles. The van der Waals surface area contributed by atoms with Gasteiger partial charge in [-0.1, -0.05) is 15.9 Å². The molecule has 1 aromatic rings. The van der Waals surface area contributed by atoms with Crippen LogP contribution in [0.2, 0.25) is 0 Å². The van der Waals surface area contributed by atoms with Crippen LogP contribution in [-0.4, -0.2) is 5.11 Å². The molecule has 1 rings (SSSR count). The summed E-state index contributed by atoms with van der Waals surface area (Å²) in [7, 11) is 0. The van der Waals surface area contributed by atoms with Crippen molar-refractivity contribution in [3.05, 3.63) is 33.8 Å². The molecule has 0 bridgehead atoms. The van der Waals surface area contributed by atoms with Gasteiger partial charge in [0.25, 0.3) is 0 Å². The number of aliphatic hydroxyl groups is 1. The Bertz CT molecular complexity index is 333. The molecule has 0 aliphatic carbocycles. The van der Waals surface area contributed by atoms with Crippen LogP contribution in [-0.2, 0) is 6.18 Å². The third-order valence-corrected chi connectivity index (χ3v) is 2.50. The Hall–Kier alpha value is -0.550. The molecule has 78 valence electrons. The van der Waals surface area contributed by atoms with Gasteiger partial charge in [0.2, 0.25) is 0 Å². The summed E-state index contributed by atoms with van der Waals surface area (Å²) in [6, 6.07) is 3.19. The van der Waals surface area contributed by atoms with Crippen molar-refractivity contribution in [2.24, 2.45) is 0 Å². The minimum Gasteiger partial charge on any atom is -0.389 e. The van der Waals surface area contributed by atoms with Gasteiger partial charge in [-0.3, -0.25) is 0 Å². The first-order chi connectivity index (χ1) is 6.32. The molecule has 0 aliphatic heterocycles. The fourth-order valence-electron chi connectivity index (χ4n) is 1.04. The highest BCUT2D eigenvalue weighted by Gasteiger charge is 2.31. The maximum absolute atomic E-state index is 12.3. The van der Waals surface area contributed by atoms with E-state index in [-0.39, 0.29) is 5.56 Å². The molecular formula is C9H8BrF3O. The fraction of sp³-hybridized carbons (Fsp3) is 0.333. The Kier molecular flexibility index (Phi) is 3.21. The molecule has 0 spiro atoms. The van der Waals surface area contributed by atoms with E-state index in [9.17, 15) is 18.3 Å². The third-order valence-electron chi connectivity index (χ3n) is 1.77. The van der Waals surface area contributed by atoms with Crippen LogP contribution in [0.1, 0.15) is 24.2 Å². The van der Waals surface area contributed by atoms with Crippen molar-refractivity contribution >= 4 is 15.9 Å². The van der Waals surface area contributed by atoms with Crippen molar-refractivity contribution in [2.75, 3.05) is 0 Å². The van der Waals surface area contributed by atoms with E-state index < -0.39 is 17.8 Å². The lowest BCUT2D eigenvalue weighted by Crippen LogP contribution is -2.06. The van der Waals surface area contributed by atoms with Gasteiger partial charge in [0, 0.05) is 4.47 Å². The first kappa shape index (κ1) is 11.5. The van der Waals surface area contributed by atoms with Crippen LogP contribution >= 0.6 is 15.9 Å². The van der Waals surface area contributed by atoms with E-state index in [4.69, 9.17) is 0 Å². The van der Waals surface area contributed by atoms with E-state index in [2.05, 4.69) is 15.9 Å². The highest BCUT2D eigenvalue weighted by molar-refractivity contribution is 9.10. The van der Waals surface area contributed by atoms with Crippen molar-refractivity contribution < 1.29 is 18.3 Å². The van der Waals surface area contributed by atoms with E-state index in [1.165, 1.54) is 13.0 Å². The number of aliphatic hydroxyl groups excluding tert-OH is 1. The molecule has 1 aromatic carbocycles. The number of alkyl halides is 3. The van der Waals surface area contributed by atoms with E-state index in [0.29, 0.717) is 4.47 Å². The topological polar surface area (TPSA) is 20.2 Å². The molecule has 1 atom stereocenters. The molecule has 1 nitrogen and oxygen atoms in total. The number of benzene rings is 1. The minimum absolute atomic E-state index is 0.236. The maximum atomic E-state index is 12.3. The molecule has 5 heteroatoms. The number of halogens is 4. The third kappa shape index (κ3) is 2.48. The Morgan fingerprint density at radius 1 is 1.36 bits per heavy atom. The zero-order valence-electron chi connectivity index (χ0n) is 7.27. The van der Waals surface area contributed by atoms with Crippen molar-refractivity contribution in [2.45, 2.75) is 19.2 Å². The number of hydrogen-bond acceptors (Lipinski definition) is 1. The van der Waals surface area contributed by atoms with Gasteiger partial charge >= 0.3 is 6.18 Å². The summed E-state index contributed by atoms with van der Waals surface area (Å²) in [6.45, 7) is 1.42. The van der Waals surface area contributed by atoms with Crippen LogP contribution in [0.15, 0.2) is 22.7 Å². The van der Waals surface area contributed by atoms with Crippen molar-refractivity contribution in [1.29, 1.82) is 0 Å². The molecule has 0 fully saturated rings. The monoisotopic (exact) mass is 268 g/mol. The average Bonchev–Trinajstić information content (AvgIpc) is 2.02. The van der Waals surface area contributed by atoms with Gasteiger partial charge in [0.1, 0.15) is 0 Å². The van der Waals surface area contributed by atoms with Gasteiger partial charge in [-0.25, -0.2) is 0 Å². The predicted octanol–water partition coefficient (Wildman–Crippen LogP) is 3.52. The van der Waals surface area contributed by atoms with Crippen LogP contribution in [0.3, 0.4) is 0 Å². The van der Waals surface area contributed by atoms with Gasteiger partial charge in [0.05, 0.1) is 11.7 Å². The van der Waals surface area contributed by atoms with Crippen LogP contribution in [0.25, 0.3) is 0 Å². The quantitative estimate of drug-likeness (QED) is 0.827. The van der Waals surface area contributed by atoms with Crippen molar-refractivity contribution in [1.82, 2.24) is 0 Å². The fourth-order valence-corrected chi connectivity index (χ4v) is 1.62. The lowest BCUT2D eigenvalue weighted by molar-refractivity contribution is -0.137. The van der Waals surface area contributed by atoms with Crippen LogP contribution in [0.5, 0.6) is 0 Å². The number of hydrogen-bond donors (Lipinski definition) is 1. The van der Waals surface area contributed by atoms with E-state index in [1.54, 1.807) is 0 Å². The van der Waals surface area contributed by atoms with Gasteiger partial charge in [0.15, 0.2) is 0 Å². The molecule has 0 amide bonds. The molecule has 0 saturated heterocycles. The highest BCUT2D eigenvalue weighted by Crippen LogP contribution is 2.33. The number of rotatable bonds is 1. The maximum Gasteiger partial charge on any atom is 0.416 e. The van der Waals surface area contributed by atoms with Crippen LogP contribution in [0, 0.1) is 0 Å². The van der Waals surface area contributed by atoms with Gasteiger partial charge in [-0.05, 0) is 30.7 Å². The van der Waals surface area contributed by atoms with E-state index in [1.807, 2.05) is 0 Å². The summed E-state index contributed by atoms with van der Waals surface area (Å²) in [5, 5.41) is 9.20. The standard InChI is InChI=1S/C9H8BrF3O/c1-5(14)7-4-6(9(11,12)13)2-3-8(7)10/h2-5,14H,1H3/t5-/m1/s1. The minimum atomic E-state index is -4.37. The Labute approximate surface area is 87.7 Å². The summed E-state index contributed by atoms with van der Waals surface area (Å²) in [4.78, 5) is 0. The zero-order chi connectivity index (χ0) is 10.9. The zero-order valence-corrected chi connectivity index (χ0v) is 8.85. The van der Waals surface area contributed by atoms with Crippen LogP contribution in [0.4, 0.5) is 13.2 Å². The summed E-state index contributed by atoms with van der Waals surface area (Å²) in [5.41, 5.74) is -0.517. The lowest BCUT2D eigenvalue weighted by atomic mass is 10.1. The summed E-state index contributed by atoms with van der Waals surface area (Å²) < 4.78 is 37.3. The van der Waals surface area contributed by atoms with Crippen LogP contribution < -0.4 is 0 Å². The Morgan fingerprint density at radius 3 is 2.36 bits per heavy atom. The summed E-state index contributed by atoms with van der Waals surface area (Å²) >= 11 is 3.07. The van der Waals surface area contributed by atoms with Gasteiger partial charge < -0.3 is 5.11 Å². The van der Waals surface area contributed by atoms with Gasteiger partial charge in [-0.15, -0.1) is 0 Å². The molecule has 0 aliphatic rings. The molecular weight excluding hydrogens is 261 g/mol. The van der Waals surface area contributed by atoms with E-state index in [0.717, 1.165) is 12.1 Å². The largest absolute Gasteiger partial charge is 0.416 e. The first-order valence-corrected chi connectivity index (χ1v) is 4.66. The second-order valence-electron chi connectivity index (χ2n) is 2.91. The van der Waals surface area contributed by atoms with E-state index >= 15 is 0 Å². The lowest BCUT2D eigenvalue weighted by Gasteiger charge is -2.12. The Balaban J connectivity index is 3.20. The Morgan fingerprint density at radius 2 is 1.93 bits per heavy atom.